The average molecular weight is 585 g/mol. The molecule has 0 aliphatic heterocycles. The standard InChI is InChI=1S/C38H33BN6/c1-25-42-26(2)45(43-25)32-22-30(21-31(24-32)40-6)39(28-12-8-7-9-13-28)29-16-17-34-33-14-10-11-15-35(33)44(36(34)23-29)37-20-27(18-19-41-37)38(3,4)5/h7-24H,1-5H3. The lowest BCUT2D eigenvalue weighted by Gasteiger charge is -2.20. The third-order valence-corrected chi connectivity index (χ3v) is 8.51. The summed E-state index contributed by atoms with van der Waals surface area (Å²) in [5.41, 5.74) is 8.13. The highest BCUT2D eigenvalue weighted by Gasteiger charge is 2.25. The first kappa shape index (κ1) is 28.3. The molecule has 0 radical (unpaired) electrons. The minimum atomic E-state index is -0.124. The second-order valence-corrected chi connectivity index (χ2v) is 12.6. The topological polar surface area (TPSA) is 52.9 Å². The van der Waals surface area contributed by atoms with Crippen molar-refractivity contribution >= 4 is 50.6 Å². The summed E-state index contributed by atoms with van der Waals surface area (Å²) in [5.74, 6) is 2.38. The Morgan fingerprint density at radius 2 is 1.49 bits per heavy atom. The highest BCUT2D eigenvalue weighted by atomic mass is 15.3. The fourth-order valence-corrected chi connectivity index (χ4v) is 6.38. The Kier molecular flexibility index (Phi) is 6.86. The van der Waals surface area contributed by atoms with Crippen LogP contribution in [0.3, 0.4) is 0 Å². The molecular formula is C38H33BN6. The fourth-order valence-electron chi connectivity index (χ4n) is 6.38. The van der Waals surface area contributed by atoms with E-state index in [0.717, 1.165) is 44.8 Å². The van der Waals surface area contributed by atoms with Crippen LogP contribution in [0.1, 0.15) is 38.0 Å². The Hall–Kier alpha value is -5.48. The number of fused-ring (bicyclic) bond motifs is 3. The van der Waals surface area contributed by atoms with Crippen molar-refractivity contribution < 1.29 is 0 Å². The number of aromatic nitrogens is 5. The maximum absolute atomic E-state index is 7.93. The molecule has 0 bridgehead atoms. The maximum Gasteiger partial charge on any atom is 0.240 e. The molecule has 6 nitrogen and oxygen atoms in total. The molecule has 0 saturated heterocycles. The Bertz CT molecular complexity index is 2250. The van der Waals surface area contributed by atoms with Gasteiger partial charge >= 0.3 is 0 Å². The van der Waals surface area contributed by atoms with Crippen molar-refractivity contribution in [3.8, 4) is 11.5 Å². The summed E-state index contributed by atoms with van der Waals surface area (Å²) in [5, 5.41) is 6.99. The third-order valence-electron chi connectivity index (χ3n) is 8.51. The number of pyridine rings is 1. The number of hydrogen-bond acceptors (Lipinski definition) is 3. The molecule has 0 saturated carbocycles. The highest BCUT2D eigenvalue weighted by Crippen LogP contribution is 2.32. The minimum Gasteiger partial charge on any atom is -0.294 e. The lowest BCUT2D eigenvalue weighted by molar-refractivity contribution is 0.588. The van der Waals surface area contributed by atoms with E-state index < -0.39 is 0 Å². The zero-order valence-corrected chi connectivity index (χ0v) is 26.2. The first-order chi connectivity index (χ1) is 21.7. The van der Waals surface area contributed by atoms with E-state index >= 15 is 0 Å². The average Bonchev–Trinajstić information content (AvgIpc) is 3.56. The lowest BCUT2D eigenvalue weighted by atomic mass is 9.36. The van der Waals surface area contributed by atoms with Crippen LogP contribution in [0.15, 0.2) is 109 Å². The van der Waals surface area contributed by atoms with Crippen molar-refractivity contribution in [2.45, 2.75) is 40.0 Å². The maximum atomic E-state index is 7.93. The molecule has 0 aliphatic carbocycles. The summed E-state index contributed by atoms with van der Waals surface area (Å²) < 4.78 is 4.11. The summed E-state index contributed by atoms with van der Waals surface area (Å²) >= 11 is 0. The zero-order valence-electron chi connectivity index (χ0n) is 26.2. The van der Waals surface area contributed by atoms with Crippen LogP contribution in [0.25, 0.3) is 38.2 Å². The predicted octanol–water partition coefficient (Wildman–Crippen LogP) is 6.74. The lowest BCUT2D eigenvalue weighted by Crippen LogP contribution is -2.52. The number of nitrogens with zero attached hydrogens (tertiary/aromatic N) is 6. The van der Waals surface area contributed by atoms with E-state index in [1.165, 1.54) is 16.3 Å². The van der Waals surface area contributed by atoms with Gasteiger partial charge in [0.25, 0.3) is 0 Å². The second-order valence-electron chi connectivity index (χ2n) is 12.6. The van der Waals surface area contributed by atoms with Gasteiger partial charge in [-0.15, -0.1) is 0 Å². The smallest absolute Gasteiger partial charge is 0.240 e. The van der Waals surface area contributed by atoms with Crippen LogP contribution in [0.2, 0.25) is 0 Å². The fraction of sp³-hybridized carbons (Fsp3) is 0.158. The van der Waals surface area contributed by atoms with Crippen molar-refractivity contribution in [3.05, 3.63) is 138 Å². The monoisotopic (exact) mass is 584 g/mol. The van der Waals surface area contributed by atoms with Crippen molar-refractivity contribution in [2.75, 3.05) is 0 Å². The minimum absolute atomic E-state index is 0.00731. The molecule has 7 aromatic rings. The van der Waals surface area contributed by atoms with Crippen LogP contribution >= 0.6 is 0 Å². The van der Waals surface area contributed by atoms with E-state index in [1.807, 2.05) is 42.9 Å². The normalized spacial score (nSPS) is 11.6. The van der Waals surface area contributed by atoms with Crippen molar-refractivity contribution in [1.29, 1.82) is 0 Å². The molecule has 7 heteroatoms. The summed E-state index contributed by atoms with van der Waals surface area (Å²) in [6.45, 7) is 18.3. The van der Waals surface area contributed by atoms with Gasteiger partial charge in [-0.1, -0.05) is 104 Å². The number of benzene rings is 4. The molecule has 0 unspecified atom stereocenters. The van der Waals surface area contributed by atoms with Gasteiger partial charge in [0.1, 0.15) is 17.5 Å². The molecule has 0 aliphatic rings. The van der Waals surface area contributed by atoms with Crippen LogP contribution in [0.4, 0.5) is 5.69 Å². The molecule has 0 atom stereocenters. The largest absolute Gasteiger partial charge is 0.294 e. The van der Waals surface area contributed by atoms with Crippen LogP contribution in [-0.4, -0.2) is 31.0 Å². The molecule has 4 aromatic carbocycles. The molecule has 0 amide bonds. The zero-order chi connectivity index (χ0) is 31.3. The van der Waals surface area contributed by atoms with Gasteiger partial charge < -0.3 is 0 Å². The van der Waals surface area contributed by atoms with Crippen LogP contribution < -0.4 is 16.4 Å². The van der Waals surface area contributed by atoms with Crippen molar-refractivity contribution in [1.82, 2.24) is 24.3 Å². The summed E-state index contributed by atoms with van der Waals surface area (Å²) in [6, 6.07) is 36.1. The van der Waals surface area contributed by atoms with Crippen LogP contribution in [0.5, 0.6) is 0 Å². The van der Waals surface area contributed by atoms with E-state index in [0.29, 0.717) is 11.5 Å². The molecule has 0 N–H and O–H groups in total. The summed E-state index contributed by atoms with van der Waals surface area (Å²) in [7, 11) is 0. The van der Waals surface area contributed by atoms with E-state index in [9.17, 15) is 0 Å². The van der Waals surface area contributed by atoms with Crippen LogP contribution in [-0.2, 0) is 5.41 Å². The predicted molar refractivity (Wildman–Crippen MR) is 185 cm³/mol. The number of aryl methyl sites for hydroxylation is 2. The van der Waals surface area contributed by atoms with Gasteiger partial charge in [0.2, 0.25) is 6.71 Å². The number of hydrogen-bond donors (Lipinski definition) is 0. The van der Waals surface area contributed by atoms with Crippen molar-refractivity contribution in [3.63, 3.8) is 0 Å². The number of rotatable bonds is 5. The Balaban J connectivity index is 1.49. The van der Waals surface area contributed by atoms with Gasteiger partial charge in [0, 0.05) is 17.0 Å². The first-order valence-electron chi connectivity index (χ1n) is 15.2. The summed E-state index contributed by atoms with van der Waals surface area (Å²) in [4.78, 5) is 13.3. The van der Waals surface area contributed by atoms with Gasteiger partial charge in [0.05, 0.1) is 23.3 Å². The number of para-hydroxylation sites is 1. The first-order valence-corrected chi connectivity index (χ1v) is 15.2. The Morgan fingerprint density at radius 3 is 2.22 bits per heavy atom. The second kappa shape index (κ2) is 10.9. The van der Waals surface area contributed by atoms with Gasteiger partial charge in [-0.05, 0) is 61.2 Å². The molecular weight excluding hydrogens is 551 g/mol. The molecule has 3 aromatic heterocycles. The van der Waals surface area contributed by atoms with Gasteiger partial charge in [-0.3, -0.25) is 4.57 Å². The van der Waals surface area contributed by atoms with E-state index in [4.69, 9.17) is 11.6 Å². The van der Waals surface area contributed by atoms with Gasteiger partial charge in [0.15, 0.2) is 5.69 Å². The molecule has 45 heavy (non-hydrogen) atoms. The van der Waals surface area contributed by atoms with E-state index in [1.54, 1.807) is 0 Å². The molecule has 7 rings (SSSR count). The Labute approximate surface area is 263 Å². The van der Waals surface area contributed by atoms with Gasteiger partial charge in [-0.2, -0.15) is 5.10 Å². The van der Waals surface area contributed by atoms with Crippen molar-refractivity contribution in [2.24, 2.45) is 0 Å². The van der Waals surface area contributed by atoms with E-state index in [2.05, 4.69) is 125 Å². The summed E-state index contributed by atoms with van der Waals surface area (Å²) in [6.07, 6.45) is 1.92. The molecule has 0 fully saturated rings. The Morgan fingerprint density at radius 1 is 0.733 bits per heavy atom. The SMILES string of the molecule is [C-]#[N+]c1cc(B(c2ccccc2)c2ccc3c4ccccc4n(-c4cc(C(C)(C)C)ccn4)c3c2)cc(-n2nc(C)nc2C)c1. The quantitative estimate of drug-likeness (QED) is 0.166. The molecule has 218 valence electrons. The molecule has 3 heterocycles. The van der Waals surface area contributed by atoms with E-state index in [-0.39, 0.29) is 12.1 Å². The third kappa shape index (κ3) is 5.09. The van der Waals surface area contributed by atoms with Crippen LogP contribution in [0, 0.1) is 20.4 Å². The molecule has 0 spiro atoms. The van der Waals surface area contributed by atoms with Gasteiger partial charge in [-0.25, -0.2) is 19.5 Å². The highest BCUT2D eigenvalue weighted by molar-refractivity contribution is 6.95.